The van der Waals surface area contributed by atoms with Crippen molar-refractivity contribution in [2.45, 2.75) is 58.8 Å². The van der Waals surface area contributed by atoms with E-state index in [0.717, 1.165) is 12.8 Å². The Morgan fingerprint density at radius 2 is 1.77 bits per heavy atom. The van der Waals surface area contributed by atoms with Crippen molar-refractivity contribution in [3.05, 3.63) is 0 Å². The summed E-state index contributed by atoms with van der Waals surface area (Å²) in [5, 5.41) is 7.35. The van der Waals surface area contributed by atoms with Gasteiger partial charge in [-0.2, -0.15) is 0 Å². The summed E-state index contributed by atoms with van der Waals surface area (Å²) in [6, 6.07) is 0. The molecule has 78 valence electrons. The maximum Gasteiger partial charge on any atom is 0.0936 e. The summed E-state index contributed by atoms with van der Waals surface area (Å²) in [4.78, 5) is 0. The van der Waals surface area contributed by atoms with Crippen molar-refractivity contribution >= 4 is 5.84 Å². The molecular formula is C11H24N2. The quantitative estimate of drug-likeness (QED) is 0.339. The zero-order valence-corrected chi connectivity index (χ0v) is 9.10. The van der Waals surface area contributed by atoms with Crippen molar-refractivity contribution in [3.8, 4) is 0 Å². The number of nitrogens with one attached hydrogen (secondary N) is 1. The highest BCUT2D eigenvalue weighted by molar-refractivity contribution is 5.79. The minimum absolute atomic E-state index is 0.335. The van der Waals surface area contributed by atoms with Gasteiger partial charge in [0.1, 0.15) is 0 Å². The van der Waals surface area contributed by atoms with E-state index < -0.39 is 0 Å². The van der Waals surface area contributed by atoms with Crippen LogP contribution in [-0.4, -0.2) is 5.84 Å². The molecule has 0 aliphatic carbocycles. The molecule has 13 heavy (non-hydrogen) atoms. The summed E-state index contributed by atoms with van der Waals surface area (Å²) in [6.45, 7) is 4.34. The van der Waals surface area contributed by atoms with Crippen molar-refractivity contribution in [1.29, 1.82) is 5.41 Å². The van der Waals surface area contributed by atoms with Gasteiger partial charge in [0.05, 0.1) is 5.84 Å². The van der Waals surface area contributed by atoms with Gasteiger partial charge < -0.3 is 5.73 Å². The lowest BCUT2D eigenvalue weighted by atomic mass is 9.97. The molecule has 0 aromatic heterocycles. The van der Waals surface area contributed by atoms with E-state index >= 15 is 0 Å². The molecule has 0 bridgehead atoms. The average molecular weight is 184 g/mol. The van der Waals surface area contributed by atoms with Crippen LogP contribution in [0, 0.1) is 11.3 Å². The molecule has 0 saturated heterocycles. The molecule has 2 nitrogen and oxygen atoms in total. The largest absolute Gasteiger partial charge is 0.387 e. The molecule has 0 fully saturated rings. The summed E-state index contributed by atoms with van der Waals surface area (Å²) in [5.41, 5.74) is 5.47. The van der Waals surface area contributed by atoms with E-state index in [9.17, 15) is 0 Å². The number of hydrogen-bond donors (Lipinski definition) is 2. The van der Waals surface area contributed by atoms with E-state index in [1.807, 2.05) is 0 Å². The van der Waals surface area contributed by atoms with Crippen molar-refractivity contribution in [1.82, 2.24) is 0 Å². The fraction of sp³-hybridized carbons (Fsp3) is 0.909. The molecule has 0 aromatic rings. The van der Waals surface area contributed by atoms with Crippen molar-refractivity contribution < 1.29 is 0 Å². The van der Waals surface area contributed by atoms with Crippen LogP contribution in [0.15, 0.2) is 0 Å². The Morgan fingerprint density at radius 3 is 2.23 bits per heavy atom. The highest BCUT2D eigenvalue weighted by atomic mass is 14.7. The lowest BCUT2D eigenvalue weighted by Gasteiger charge is -2.12. The van der Waals surface area contributed by atoms with Crippen LogP contribution in [0.2, 0.25) is 0 Å². The van der Waals surface area contributed by atoms with Crippen molar-refractivity contribution in [2.24, 2.45) is 11.7 Å². The van der Waals surface area contributed by atoms with Gasteiger partial charge >= 0.3 is 0 Å². The summed E-state index contributed by atoms with van der Waals surface area (Å²) < 4.78 is 0. The number of rotatable bonds is 8. The maximum atomic E-state index is 7.35. The summed E-state index contributed by atoms with van der Waals surface area (Å²) >= 11 is 0. The van der Waals surface area contributed by atoms with E-state index in [-0.39, 0.29) is 0 Å². The standard InChI is InChI=1S/C11H24N2/c1-3-5-6-7-8-9-10(4-2)11(12)13/h10H,3-9H2,1-2H3,(H3,12,13). The molecule has 0 spiro atoms. The lowest BCUT2D eigenvalue weighted by Crippen LogP contribution is -2.21. The second-order valence-corrected chi connectivity index (χ2v) is 3.76. The molecule has 0 rings (SSSR count). The zero-order chi connectivity index (χ0) is 10.1. The van der Waals surface area contributed by atoms with Gasteiger partial charge in [-0.05, 0) is 12.8 Å². The highest BCUT2D eigenvalue weighted by Crippen LogP contribution is 2.14. The molecule has 3 N–H and O–H groups in total. The first-order chi connectivity index (χ1) is 6.22. The molecule has 0 saturated carbocycles. The normalized spacial score (nSPS) is 12.8. The van der Waals surface area contributed by atoms with Gasteiger partial charge in [0.25, 0.3) is 0 Å². The minimum atomic E-state index is 0.335. The van der Waals surface area contributed by atoms with E-state index in [4.69, 9.17) is 11.1 Å². The van der Waals surface area contributed by atoms with Crippen LogP contribution in [0.3, 0.4) is 0 Å². The molecular weight excluding hydrogens is 160 g/mol. The second-order valence-electron chi connectivity index (χ2n) is 3.76. The highest BCUT2D eigenvalue weighted by Gasteiger charge is 2.07. The van der Waals surface area contributed by atoms with Gasteiger partial charge in [-0.25, -0.2) is 0 Å². The van der Waals surface area contributed by atoms with Crippen LogP contribution in [0.1, 0.15) is 58.8 Å². The average Bonchev–Trinajstić information content (AvgIpc) is 2.10. The fourth-order valence-corrected chi connectivity index (χ4v) is 1.57. The molecule has 0 aromatic carbocycles. The number of hydrogen-bond acceptors (Lipinski definition) is 1. The Kier molecular flexibility index (Phi) is 7.76. The fourth-order valence-electron chi connectivity index (χ4n) is 1.57. The van der Waals surface area contributed by atoms with Crippen LogP contribution in [0.25, 0.3) is 0 Å². The zero-order valence-electron chi connectivity index (χ0n) is 9.10. The van der Waals surface area contributed by atoms with Crippen LogP contribution >= 0.6 is 0 Å². The van der Waals surface area contributed by atoms with Crippen molar-refractivity contribution in [2.75, 3.05) is 0 Å². The van der Waals surface area contributed by atoms with Crippen molar-refractivity contribution in [3.63, 3.8) is 0 Å². The third-order valence-electron chi connectivity index (χ3n) is 2.59. The van der Waals surface area contributed by atoms with E-state index in [2.05, 4.69) is 13.8 Å². The number of amidine groups is 1. The van der Waals surface area contributed by atoms with Crippen LogP contribution in [-0.2, 0) is 0 Å². The van der Waals surface area contributed by atoms with Gasteiger partial charge in [0.2, 0.25) is 0 Å². The number of nitrogens with two attached hydrogens (primary N) is 1. The molecule has 0 amide bonds. The van der Waals surface area contributed by atoms with Gasteiger partial charge in [-0.3, -0.25) is 5.41 Å². The molecule has 0 radical (unpaired) electrons. The summed E-state index contributed by atoms with van der Waals surface area (Å²) in [7, 11) is 0. The monoisotopic (exact) mass is 184 g/mol. The molecule has 0 aliphatic heterocycles. The third kappa shape index (κ3) is 6.62. The SMILES string of the molecule is CCCCCCCC(CC)C(=N)N. The Hall–Kier alpha value is -0.530. The predicted octanol–water partition coefficient (Wildman–Crippen LogP) is 3.31. The van der Waals surface area contributed by atoms with Crippen LogP contribution < -0.4 is 5.73 Å². The molecule has 2 heteroatoms. The van der Waals surface area contributed by atoms with Gasteiger partial charge in [-0.15, -0.1) is 0 Å². The Balaban J connectivity index is 3.33. The van der Waals surface area contributed by atoms with Crippen LogP contribution in [0.5, 0.6) is 0 Å². The molecule has 1 atom stereocenters. The molecule has 0 heterocycles. The molecule has 1 unspecified atom stereocenters. The first-order valence-corrected chi connectivity index (χ1v) is 5.56. The Labute approximate surface area is 82.4 Å². The second kappa shape index (κ2) is 8.09. The van der Waals surface area contributed by atoms with Gasteiger partial charge in [0, 0.05) is 5.92 Å². The predicted molar refractivity (Wildman–Crippen MR) is 59.1 cm³/mol. The van der Waals surface area contributed by atoms with E-state index in [1.165, 1.54) is 32.1 Å². The topological polar surface area (TPSA) is 49.9 Å². The van der Waals surface area contributed by atoms with E-state index in [0.29, 0.717) is 11.8 Å². The first kappa shape index (κ1) is 12.5. The van der Waals surface area contributed by atoms with Crippen LogP contribution in [0.4, 0.5) is 0 Å². The lowest BCUT2D eigenvalue weighted by molar-refractivity contribution is 0.529. The summed E-state index contributed by atoms with van der Waals surface area (Å²) in [6.07, 6.45) is 8.64. The van der Waals surface area contributed by atoms with Gasteiger partial charge in [0.15, 0.2) is 0 Å². The Morgan fingerprint density at radius 1 is 1.15 bits per heavy atom. The van der Waals surface area contributed by atoms with E-state index in [1.54, 1.807) is 0 Å². The third-order valence-corrected chi connectivity index (χ3v) is 2.59. The van der Waals surface area contributed by atoms with Gasteiger partial charge in [-0.1, -0.05) is 46.0 Å². The minimum Gasteiger partial charge on any atom is -0.387 e. The first-order valence-electron chi connectivity index (χ1n) is 5.56. The maximum absolute atomic E-state index is 7.35. The smallest absolute Gasteiger partial charge is 0.0936 e. The summed E-state index contributed by atoms with van der Waals surface area (Å²) in [5.74, 6) is 0.708. The molecule has 0 aliphatic rings. The number of unbranched alkanes of at least 4 members (excludes halogenated alkanes) is 4. The Bertz CT molecular complexity index is 132.